The van der Waals surface area contributed by atoms with E-state index in [0.29, 0.717) is 31.6 Å². The molecule has 1 heterocycles. The molecule has 150 valence electrons. The molecule has 9 heteroatoms. The fourth-order valence-corrected chi connectivity index (χ4v) is 4.17. The average molecular weight is 403 g/mol. The van der Waals surface area contributed by atoms with E-state index in [1.165, 1.54) is 23.9 Å². The Morgan fingerprint density at radius 1 is 1.30 bits per heavy atom. The van der Waals surface area contributed by atoms with Crippen molar-refractivity contribution >= 4 is 23.7 Å². The molecule has 0 spiro atoms. The van der Waals surface area contributed by atoms with E-state index in [4.69, 9.17) is 0 Å². The average Bonchev–Trinajstić information content (AvgIpc) is 2.89. The second-order valence-electron chi connectivity index (χ2n) is 6.39. The van der Waals surface area contributed by atoms with Crippen molar-refractivity contribution in [2.24, 2.45) is 0 Å². The van der Waals surface area contributed by atoms with Crippen LogP contribution in [0.25, 0.3) is 0 Å². The van der Waals surface area contributed by atoms with E-state index in [9.17, 15) is 22.8 Å². The van der Waals surface area contributed by atoms with E-state index >= 15 is 0 Å². The van der Waals surface area contributed by atoms with Crippen LogP contribution in [0, 0.1) is 0 Å². The van der Waals surface area contributed by atoms with Crippen LogP contribution < -0.4 is 5.32 Å². The van der Waals surface area contributed by atoms with Gasteiger partial charge >= 0.3 is 12.2 Å². The number of urea groups is 1. The molecule has 1 aliphatic rings. The summed E-state index contributed by atoms with van der Waals surface area (Å²) in [6, 6.07) is 4.78. The molecule has 1 aliphatic heterocycles. The van der Waals surface area contributed by atoms with Crippen LogP contribution in [0.5, 0.6) is 0 Å². The quantitative estimate of drug-likeness (QED) is 0.788. The number of thioether (sulfide) groups is 1. The lowest BCUT2D eigenvalue weighted by molar-refractivity contribution is -0.137. The molecule has 1 saturated heterocycles. The van der Waals surface area contributed by atoms with Crippen molar-refractivity contribution in [3.8, 4) is 0 Å². The van der Waals surface area contributed by atoms with Gasteiger partial charge in [-0.05, 0) is 38.0 Å². The lowest BCUT2D eigenvalue weighted by atomic mass is 10.1. The van der Waals surface area contributed by atoms with Gasteiger partial charge in [-0.3, -0.25) is 4.79 Å². The summed E-state index contributed by atoms with van der Waals surface area (Å²) in [6.45, 7) is 5.09. The number of halogens is 3. The molecule has 1 fully saturated rings. The maximum Gasteiger partial charge on any atom is 0.416 e. The van der Waals surface area contributed by atoms with Crippen molar-refractivity contribution in [2.45, 2.75) is 37.1 Å². The molecular weight excluding hydrogens is 379 g/mol. The number of carbonyl (C=O) groups excluding carboxylic acids is 2. The van der Waals surface area contributed by atoms with Gasteiger partial charge in [0.15, 0.2) is 0 Å². The Labute approximate surface area is 161 Å². The van der Waals surface area contributed by atoms with Gasteiger partial charge in [-0.2, -0.15) is 13.2 Å². The second kappa shape index (κ2) is 8.86. The van der Waals surface area contributed by atoms with Crippen LogP contribution in [0.15, 0.2) is 24.3 Å². The maximum atomic E-state index is 12.8. The second-order valence-corrected chi connectivity index (χ2v) is 7.82. The predicted octanol–water partition coefficient (Wildman–Crippen LogP) is 3.72. The highest BCUT2D eigenvalue weighted by Crippen LogP contribution is 2.43. The van der Waals surface area contributed by atoms with E-state index < -0.39 is 11.7 Å². The zero-order valence-electron chi connectivity index (χ0n) is 15.5. The van der Waals surface area contributed by atoms with Crippen LogP contribution in [0.3, 0.4) is 0 Å². The summed E-state index contributed by atoms with van der Waals surface area (Å²) >= 11 is 1.42. The van der Waals surface area contributed by atoms with E-state index in [0.717, 1.165) is 12.1 Å². The van der Waals surface area contributed by atoms with Gasteiger partial charge < -0.3 is 15.1 Å². The molecule has 5 nitrogen and oxygen atoms in total. The fourth-order valence-electron chi connectivity index (χ4n) is 2.86. The third-order valence-electron chi connectivity index (χ3n) is 4.34. The molecule has 0 aliphatic carbocycles. The molecule has 1 aromatic rings. The van der Waals surface area contributed by atoms with Crippen molar-refractivity contribution in [2.75, 3.05) is 26.7 Å². The minimum Gasteiger partial charge on any atom is -0.338 e. The first kappa shape index (κ1) is 21.4. The van der Waals surface area contributed by atoms with E-state index in [1.54, 1.807) is 23.8 Å². The molecule has 0 radical (unpaired) electrons. The number of rotatable bonds is 6. The summed E-state index contributed by atoms with van der Waals surface area (Å²) in [6.07, 6.45) is -3.79. The Morgan fingerprint density at radius 2 is 1.93 bits per heavy atom. The number of nitrogens with zero attached hydrogens (tertiary/aromatic N) is 2. The Balaban J connectivity index is 2.03. The zero-order chi connectivity index (χ0) is 20.2. The number of alkyl halides is 3. The van der Waals surface area contributed by atoms with Crippen LogP contribution in [0.1, 0.15) is 36.8 Å². The lowest BCUT2D eigenvalue weighted by Crippen LogP contribution is -2.39. The van der Waals surface area contributed by atoms with Crippen LogP contribution in [-0.4, -0.2) is 53.7 Å². The fraction of sp³-hybridized carbons (Fsp3) is 0.556. The first-order valence-corrected chi connectivity index (χ1v) is 9.71. The van der Waals surface area contributed by atoms with Gasteiger partial charge in [0, 0.05) is 26.7 Å². The molecule has 0 aromatic heterocycles. The van der Waals surface area contributed by atoms with E-state index in [-0.39, 0.29) is 22.6 Å². The molecule has 27 heavy (non-hydrogen) atoms. The zero-order valence-corrected chi connectivity index (χ0v) is 16.4. The predicted molar refractivity (Wildman–Crippen MR) is 99.3 cm³/mol. The number of benzene rings is 1. The minimum atomic E-state index is -4.38. The van der Waals surface area contributed by atoms with Crippen molar-refractivity contribution in [3.05, 3.63) is 35.4 Å². The third kappa shape index (κ3) is 5.31. The van der Waals surface area contributed by atoms with Crippen molar-refractivity contribution < 1.29 is 22.8 Å². The molecule has 0 saturated carbocycles. The Morgan fingerprint density at radius 3 is 2.48 bits per heavy atom. The highest BCUT2D eigenvalue weighted by molar-refractivity contribution is 8.01. The number of hydrogen-bond donors (Lipinski definition) is 1. The molecule has 0 unspecified atom stereocenters. The smallest absolute Gasteiger partial charge is 0.338 e. The van der Waals surface area contributed by atoms with Gasteiger partial charge in [-0.25, -0.2) is 4.79 Å². The van der Waals surface area contributed by atoms with Crippen molar-refractivity contribution in [1.82, 2.24) is 15.1 Å². The Hall–Kier alpha value is -1.90. The first-order valence-electron chi connectivity index (χ1n) is 8.77. The number of nitrogens with one attached hydrogen (secondary N) is 1. The molecule has 2 atom stereocenters. The summed E-state index contributed by atoms with van der Waals surface area (Å²) in [5, 5.41) is 2.14. The highest BCUT2D eigenvalue weighted by Gasteiger charge is 2.38. The van der Waals surface area contributed by atoms with Crippen LogP contribution in [0.2, 0.25) is 0 Å². The molecule has 2 rings (SSSR count). The number of amides is 3. The van der Waals surface area contributed by atoms with Crippen LogP contribution in [-0.2, 0) is 11.0 Å². The van der Waals surface area contributed by atoms with Gasteiger partial charge in [0.25, 0.3) is 0 Å². The number of hydrogen-bond acceptors (Lipinski definition) is 3. The first-order chi connectivity index (χ1) is 12.6. The maximum absolute atomic E-state index is 12.8. The highest BCUT2D eigenvalue weighted by atomic mass is 32.2. The molecule has 0 bridgehead atoms. The monoisotopic (exact) mass is 403 g/mol. The molecular formula is C18H24F3N3O2S. The Bertz CT molecular complexity index is 667. The van der Waals surface area contributed by atoms with Gasteiger partial charge in [-0.1, -0.05) is 12.1 Å². The van der Waals surface area contributed by atoms with Gasteiger partial charge in [-0.15, -0.1) is 11.8 Å². The topological polar surface area (TPSA) is 52.7 Å². The Kier molecular flexibility index (Phi) is 7.02. The largest absolute Gasteiger partial charge is 0.416 e. The van der Waals surface area contributed by atoms with Crippen molar-refractivity contribution in [3.63, 3.8) is 0 Å². The SMILES string of the molecule is CCNC(=O)N(C)CCCN1C(=O)[C@H](C)S[C@@H]1c1ccc(C(F)(F)F)cc1. The van der Waals surface area contributed by atoms with Gasteiger partial charge in [0.05, 0.1) is 10.8 Å². The van der Waals surface area contributed by atoms with E-state index in [2.05, 4.69) is 5.32 Å². The standard InChI is InChI=1S/C18H24F3N3O2S/c1-4-22-17(26)23(3)10-5-11-24-15(25)12(2)27-16(24)13-6-8-14(9-7-13)18(19,20)21/h6-9,12,16H,4-5,10-11H2,1-3H3,(H,22,26)/t12-,16+/m0/s1. The van der Waals surface area contributed by atoms with Crippen LogP contribution >= 0.6 is 11.8 Å². The summed E-state index contributed by atoms with van der Waals surface area (Å²) in [5.74, 6) is -0.0365. The van der Waals surface area contributed by atoms with E-state index in [1.807, 2.05) is 6.92 Å². The lowest BCUT2D eigenvalue weighted by Gasteiger charge is -2.26. The van der Waals surface area contributed by atoms with Gasteiger partial charge in [0.1, 0.15) is 5.37 Å². The summed E-state index contributed by atoms with van der Waals surface area (Å²) < 4.78 is 38.3. The van der Waals surface area contributed by atoms with Gasteiger partial charge in [0.2, 0.25) is 5.91 Å². The molecule has 1 aromatic carbocycles. The van der Waals surface area contributed by atoms with Crippen molar-refractivity contribution in [1.29, 1.82) is 0 Å². The normalized spacial score (nSPS) is 20.1. The summed E-state index contributed by atoms with van der Waals surface area (Å²) in [4.78, 5) is 27.4. The molecule has 3 amide bonds. The van der Waals surface area contributed by atoms with Crippen LogP contribution in [0.4, 0.5) is 18.0 Å². The summed E-state index contributed by atoms with van der Waals surface area (Å²) in [5.41, 5.74) is -0.0356. The molecule has 1 N–H and O–H groups in total. The summed E-state index contributed by atoms with van der Waals surface area (Å²) in [7, 11) is 1.68. The third-order valence-corrected chi connectivity index (χ3v) is 5.73. The minimum absolute atomic E-state index is 0.0365. The number of carbonyl (C=O) groups is 2.